The normalized spacial score (nSPS) is 14.7. The van der Waals surface area contributed by atoms with Gasteiger partial charge in [-0.15, -0.1) is 0 Å². The van der Waals surface area contributed by atoms with Crippen LogP contribution in [0, 0.1) is 13.8 Å². The topological polar surface area (TPSA) is 102 Å². The molecule has 0 radical (unpaired) electrons. The molecule has 2 N–H and O–H groups in total. The average Bonchev–Trinajstić information content (AvgIpc) is 3.47. The van der Waals surface area contributed by atoms with E-state index in [2.05, 4.69) is 10.0 Å². The van der Waals surface area contributed by atoms with E-state index < -0.39 is 22.1 Å². The number of hydrogen-bond donors (Lipinski definition) is 2. The molecule has 1 aliphatic rings. The molecule has 1 fully saturated rings. The molecule has 0 spiro atoms. The molecule has 0 aromatic heterocycles. The largest absolute Gasteiger partial charge is 0.449 e. The minimum absolute atomic E-state index is 0.188. The summed E-state index contributed by atoms with van der Waals surface area (Å²) in [6.45, 7) is 5.07. The molecule has 2 aromatic carbocycles. The lowest BCUT2D eigenvalue weighted by molar-refractivity contribution is -0.129. The summed E-state index contributed by atoms with van der Waals surface area (Å²) in [5.74, 6) is -0.967. The molecule has 1 saturated carbocycles. The number of rotatable bonds is 7. The third kappa shape index (κ3) is 5.35. The van der Waals surface area contributed by atoms with Crippen molar-refractivity contribution in [2.45, 2.75) is 50.7 Å². The van der Waals surface area contributed by atoms with Gasteiger partial charge < -0.3 is 10.1 Å². The summed E-state index contributed by atoms with van der Waals surface area (Å²) in [5.41, 5.74) is 2.03. The molecule has 0 bridgehead atoms. The Labute approximate surface area is 170 Å². The fourth-order valence-corrected chi connectivity index (χ4v) is 4.10. The van der Waals surface area contributed by atoms with Crippen molar-refractivity contribution >= 4 is 27.6 Å². The second-order valence-electron chi connectivity index (χ2n) is 7.28. The summed E-state index contributed by atoms with van der Waals surface area (Å²) >= 11 is 0. The first-order chi connectivity index (χ1) is 13.7. The number of amides is 1. The standard InChI is InChI=1S/C21H24N2O5S/c1-13-4-5-14(2)19(12-13)29(26,27)23-18-8-6-16(7-9-18)21(25)28-15(3)20(24)22-17-10-11-17/h4-9,12,15,17,23H,10-11H2,1-3H3,(H,22,24)/t15-/m1/s1. The molecule has 0 aliphatic heterocycles. The number of carbonyl (C=O) groups excluding carboxylic acids is 2. The minimum atomic E-state index is -3.75. The summed E-state index contributed by atoms with van der Waals surface area (Å²) in [4.78, 5) is 24.3. The van der Waals surface area contributed by atoms with Gasteiger partial charge in [0, 0.05) is 11.7 Å². The van der Waals surface area contributed by atoms with Gasteiger partial charge in [-0.3, -0.25) is 9.52 Å². The first kappa shape index (κ1) is 20.9. The van der Waals surface area contributed by atoms with Crippen molar-refractivity contribution in [2.75, 3.05) is 4.72 Å². The fourth-order valence-electron chi connectivity index (χ4n) is 2.71. The lowest BCUT2D eigenvalue weighted by atomic mass is 10.2. The van der Waals surface area contributed by atoms with Crippen LogP contribution in [-0.4, -0.2) is 32.4 Å². The van der Waals surface area contributed by atoms with Gasteiger partial charge in [-0.25, -0.2) is 13.2 Å². The molecule has 2 aromatic rings. The Balaban J connectivity index is 1.65. The maximum Gasteiger partial charge on any atom is 0.338 e. The quantitative estimate of drug-likeness (QED) is 0.676. The van der Waals surface area contributed by atoms with Crippen LogP contribution in [0.4, 0.5) is 5.69 Å². The van der Waals surface area contributed by atoms with Crippen molar-refractivity contribution in [1.29, 1.82) is 0 Å². The van der Waals surface area contributed by atoms with Gasteiger partial charge in [-0.2, -0.15) is 0 Å². The number of anilines is 1. The second kappa shape index (κ2) is 8.24. The number of hydrogen-bond acceptors (Lipinski definition) is 5. The summed E-state index contributed by atoms with van der Waals surface area (Å²) in [6, 6.07) is 11.3. The zero-order valence-electron chi connectivity index (χ0n) is 16.6. The van der Waals surface area contributed by atoms with Crippen LogP contribution in [0.2, 0.25) is 0 Å². The molecular weight excluding hydrogens is 392 g/mol. The average molecular weight is 416 g/mol. The Hall–Kier alpha value is -2.87. The van der Waals surface area contributed by atoms with E-state index in [9.17, 15) is 18.0 Å². The molecule has 1 aliphatic carbocycles. The Morgan fingerprint density at radius 2 is 1.72 bits per heavy atom. The van der Waals surface area contributed by atoms with Crippen molar-refractivity contribution in [2.24, 2.45) is 0 Å². The molecule has 8 heteroatoms. The van der Waals surface area contributed by atoms with Gasteiger partial charge >= 0.3 is 5.97 Å². The molecule has 1 atom stereocenters. The van der Waals surface area contributed by atoms with Crippen molar-refractivity contribution in [3.8, 4) is 0 Å². The lowest BCUT2D eigenvalue weighted by Crippen LogP contribution is -2.37. The third-order valence-electron chi connectivity index (χ3n) is 4.58. The highest BCUT2D eigenvalue weighted by Gasteiger charge is 2.27. The van der Waals surface area contributed by atoms with Gasteiger partial charge in [0.05, 0.1) is 10.5 Å². The predicted molar refractivity (Wildman–Crippen MR) is 109 cm³/mol. The number of ether oxygens (including phenoxy) is 1. The molecule has 0 saturated heterocycles. The van der Waals surface area contributed by atoms with E-state index in [0.29, 0.717) is 11.3 Å². The van der Waals surface area contributed by atoms with E-state index in [1.807, 2.05) is 13.0 Å². The Bertz CT molecular complexity index is 1030. The first-order valence-corrected chi connectivity index (χ1v) is 10.9. The first-order valence-electron chi connectivity index (χ1n) is 9.37. The molecule has 154 valence electrons. The summed E-state index contributed by atoms with van der Waals surface area (Å²) < 4.78 is 33.0. The van der Waals surface area contributed by atoms with Gasteiger partial charge in [0.2, 0.25) is 0 Å². The maximum atomic E-state index is 12.7. The Morgan fingerprint density at radius 3 is 2.34 bits per heavy atom. The number of aryl methyl sites for hydroxylation is 2. The highest BCUT2D eigenvalue weighted by molar-refractivity contribution is 7.92. The van der Waals surface area contributed by atoms with Crippen LogP contribution in [0.25, 0.3) is 0 Å². The van der Waals surface area contributed by atoms with Crippen LogP contribution in [0.15, 0.2) is 47.4 Å². The molecule has 3 rings (SSSR count). The van der Waals surface area contributed by atoms with Gasteiger partial charge in [0.25, 0.3) is 15.9 Å². The van der Waals surface area contributed by atoms with E-state index in [4.69, 9.17) is 4.74 Å². The zero-order valence-corrected chi connectivity index (χ0v) is 17.4. The van der Waals surface area contributed by atoms with Crippen molar-refractivity contribution in [3.63, 3.8) is 0 Å². The number of nitrogens with one attached hydrogen (secondary N) is 2. The van der Waals surface area contributed by atoms with Crippen LogP contribution < -0.4 is 10.0 Å². The molecule has 29 heavy (non-hydrogen) atoms. The van der Waals surface area contributed by atoms with Gasteiger partial charge in [0.1, 0.15) is 0 Å². The predicted octanol–water partition coefficient (Wildman–Crippen LogP) is 2.93. The minimum Gasteiger partial charge on any atom is -0.449 e. The Kier molecular flexibility index (Phi) is 5.93. The van der Waals surface area contributed by atoms with Crippen LogP contribution in [-0.2, 0) is 19.6 Å². The van der Waals surface area contributed by atoms with Crippen LogP contribution in [0.1, 0.15) is 41.3 Å². The van der Waals surface area contributed by atoms with Gasteiger partial charge in [-0.1, -0.05) is 12.1 Å². The molecule has 7 nitrogen and oxygen atoms in total. The highest BCUT2D eigenvalue weighted by atomic mass is 32.2. The Morgan fingerprint density at radius 1 is 1.07 bits per heavy atom. The van der Waals surface area contributed by atoms with Gasteiger partial charge in [0.15, 0.2) is 6.10 Å². The third-order valence-corrected chi connectivity index (χ3v) is 6.11. The van der Waals surface area contributed by atoms with Crippen molar-refractivity contribution in [1.82, 2.24) is 5.32 Å². The lowest BCUT2D eigenvalue weighted by Gasteiger charge is -2.14. The summed E-state index contributed by atoms with van der Waals surface area (Å²) in [5, 5.41) is 2.78. The maximum absolute atomic E-state index is 12.7. The highest BCUT2D eigenvalue weighted by Crippen LogP contribution is 2.21. The van der Waals surface area contributed by atoms with E-state index in [1.165, 1.54) is 31.2 Å². The van der Waals surface area contributed by atoms with Crippen LogP contribution >= 0.6 is 0 Å². The number of esters is 1. The van der Waals surface area contributed by atoms with Crippen molar-refractivity contribution in [3.05, 3.63) is 59.2 Å². The number of sulfonamides is 1. The van der Waals surface area contributed by atoms with E-state index in [-0.39, 0.29) is 22.4 Å². The molecule has 1 amide bonds. The monoisotopic (exact) mass is 416 g/mol. The summed E-state index contributed by atoms with van der Waals surface area (Å²) in [6.07, 6.45) is 1.00. The van der Waals surface area contributed by atoms with Gasteiger partial charge in [-0.05, 0) is 75.1 Å². The van der Waals surface area contributed by atoms with E-state index in [0.717, 1.165) is 18.4 Å². The zero-order chi connectivity index (χ0) is 21.2. The molecule has 0 unspecified atom stereocenters. The SMILES string of the molecule is Cc1ccc(C)c(S(=O)(=O)Nc2ccc(C(=O)O[C@H](C)C(=O)NC3CC3)cc2)c1. The fraction of sp³-hybridized carbons (Fsp3) is 0.333. The smallest absolute Gasteiger partial charge is 0.338 e. The second-order valence-corrected chi connectivity index (χ2v) is 8.93. The number of benzene rings is 2. The van der Waals surface area contributed by atoms with Crippen molar-refractivity contribution < 1.29 is 22.7 Å². The molecular formula is C21H24N2O5S. The molecule has 0 heterocycles. The van der Waals surface area contributed by atoms with E-state index in [1.54, 1.807) is 19.1 Å². The van der Waals surface area contributed by atoms with E-state index >= 15 is 0 Å². The van der Waals surface area contributed by atoms with Crippen LogP contribution in [0.5, 0.6) is 0 Å². The van der Waals surface area contributed by atoms with Crippen LogP contribution in [0.3, 0.4) is 0 Å². The number of carbonyl (C=O) groups is 2. The summed E-state index contributed by atoms with van der Waals surface area (Å²) in [7, 11) is -3.75.